The van der Waals surface area contributed by atoms with E-state index in [1.54, 1.807) is 18.5 Å². The molecule has 35 heavy (non-hydrogen) atoms. The molecule has 1 spiro atoms. The number of urea groups is 1. The molecule has 1 N–H and O–H groups in total. The van der Waals surface area contributed by atoms with Crippen LogP contribution in [0, 0.1) is 6.92 Å². The third-order valence-electron chi connectivity index (χ3n) is 5.30. The zero-order valence-electron chi connectivity index (χ0n) is 17.9. The van der Waals surface area contributed by atoms with Crippen LogP contribution in [0.3, 0.4) is 0 Å². The molecule has 1 aliphatic heterocycles. The van der Waals surface area contributed by atoms with Gasteiger partial charge in [0.1, 0.15) is 11.3 Å². The number of nitrogens with zero attached hydrogens (tertiary/aromatic N) is 3. The molecule has 0 radical (unpaired) electrons. The Labute approximate surface area is 193 Å². The van der Waals surface area contributed by atoms with Crippen molar-refractivity contribution in [2.24, 2.45) is 0 Å². The number of imide groups is 1. The summed E-state index contributed by atoms with van der Waals surface area (Å²) < 4.78 is 72.5. The molecular formula is C21H17F6N3O5. The third kappa shape index (κ3) is 5.63. The maximum absolute atomic E-state index is 13.0. The number of carbonyl (C=O) groups excluding carboxylic acids is 2. The van der Waals surface area contributed by atoms with Crippen LogP contribution in [0.5, 0.6) is 5.75 Å². The van der Waals surface area contributed by atoms with E-state index in [-0.39, 0.29) is 18.1 Å². The molecule has 2 fully saturated rings. The highest BCUT2D eigenvalue weighted by Crippen LogP contribution is 2.49. The number of rotatable bonds is 4. The molecule has 0 bridgehead atoms. The lowest BCUT2D eigenvalue weighted by molar-refractivity contribution is -0.274. The zero-order chi connectivity index (χ0) is 26.2. The molecule has 1 aromatic heterocycles. The minimum atomic E-state index is -5.08. The number of benzene rings is 1. The molecule has 1 aliphatic carbocycles. The number of amides is 3. The first-order chi connectivity index (χ1) is 16.2. The van der Waals surface area contributed by atoms with Gasteiger partial charge in [-0.2, -0.15) is 13.2 Å². The Balaban J connectivity index is 0.000000429. The van der Waals surface area contributed by atoms with Crippen LogP contribution in [0.4, 0.5) is 36.8 Å². The number of aryl methyl sites for hydroxylation is 1. The maximum Gasteiger partial charge on any atom is 0.573 e. The number of anilines is 1. The van der Waals surface area contributed by atoms with Crippen LogP contribution >= 0.6 is 0 Å². The van der Waals surface area contributed by atoms with E-state index in [1.807, 2.05) is 6.92 Å². The van der Waals surface area contributed by atoms with Crippen molar-refractivity contribution in [3.05, 3.63) is 53.9 Å². The number of aliphatic carboxylic acids is 1. The van der Waals surface area contributed by atoms with Gasteiger partial charge in [-0.25, -0.2) is 14.5 Å². The Kier molecular flexibility index (Phi) is 6.68. The van der Waals surface area contributed by atoms with E-state index in [2.05, 4.69) is 9.72 Å². The van der Waals surface area contributed by atoms with Crippen molar-refractivity contribution in [1.82, 2.24) is 9.88 Å². The van der Waals surface area contributed by atoms with Crippen molar-refractivity contribution in [1.29, 1.82) is 0 Å². The fourth-order valence-corrected chi connectivity index (χ4v) is 3.41. The predicted molar refractivity (Wildman–Crippen MR) is 106 cm³/mol. The molecule has 0 unspecified atom stereocenters. The second-order valence-corrected chi connectivity index (χ2v) is 7.69. The van der Waals surface area contributed by atoms with Gasteiger partial charge in [-0.3, -0.25) is 9.78 Å². The summed E-state index contributed by atoms with van der Waals surface area (Å²) in [5.74, 6) is -3.53. The van der Waals surface area contributed by atoms with E-state index in [0.29, 0.717) is 12.8 Å². The first-order valence-corrected chi connectivity index (χ1v) is 9.87. The van der Waals surface area contributed by atoms with Gasteiger partial charge in [-0.05, 0) is 61.2 Å². The second-order valence-electron chi connectivity index (χ2n) is 7.69. The van der Waals surface area contributed by atoms with Gasteiger partial charge in [0, 0.05) is 18.9 Å². The summed E-state index contributed by atoms with van der Waals surface area (Å²) in [6, 6.07) is 6.03. The molecule has 1 saturated carbocycles. The Hall–Kier alpha value is -3.84. The summed E-state index contributed by atoms with van der Waals surface area (Å²) in [5.41, 5.74) is 1.14. The van der Waals surface area contributed by atoms with Crippen LogP contribution in [-0.2, 0) is 16.1 Å². The summed E-state index contributed by atoms with van der Waals surface area (Å²) >= 11 is 0. The van der Waals surface area contributed by atoms with Crippen LogP contribution in [0.2, 0.25) is 0 Å². The summed E-state index contributed by atoms with van der Waals surface area (Å²) in [7, 11) is 0. The van der Waals surface area contributed by atoms with Gasteiger partial charge in [0.2, 0.25) is 0 Å². The van der Waals surface area contributed by atoms with Crippen molar-refractivity contribution in [3.8, 4) is 5.75 Å². The zero-order valence-corrected chi connectivity index (χ0v) is 17.9. The van der Waals surface area contributed by atoms with Crippen LogP contribution in [0.25, 0.3) is 0 Å². The number of carboxylic acid groups (broad SMARTS) is 1. The molecule has 1 saturated heterocycles. The fraction of sp³-hybridized carbons (Fsp3) is 0.333. The first-order valence-electron chi connectivity index (χ1n) is 9.87. The topological polar surface area (TPSA) is 100 Å². The van der Waals surface area contributed by atoms with Crippen LogP contribution < -0.4 is 9.64 Å². The molecule has 2 aliphatic rings. The molecule has 14 heteroatoms. The van der Waals surface area contributed by atoms with Gasteiger partial charge in [0.05, 0.1) is 5.69 Å². The van der Waals surface area contributed by atoms with Gasteiger partial charge in [0.15, 0.2) is 0 Å². The van der Waals surface area contributed by atoms with E-state index in [4.69, 9.17) is 9.90 Å². The lowest BCUT2D eigenvalue weighted by Gasteiger charge is -2.22. The number of ether oxygens (including phenoxy) is 1. The molecular weight excluding hydrogens is 488 g/mol. The van der Waals surface area contributed by atoms with Gasteiger partial charge < -0.3 is 14.7 Å². The third-order valence-corrected chi connectivity index (χ3v) is 5.30. The highest BCUT2D eigenvalue weighted by Gasteiger charge is 2.65. The Morgan fingerprint density at radius 1 is 1.09 bits per heavy atom. The standard InChI is InChI=1S/C19H16F3N3O3.C2HF3O2/c1-12-10-23-9-6-13(12)11-24-17(27)25(16(26)18(24)7-8-18)14-2-4-15(5-3-14)28-19(20,21)22;3-2(4,5)1(6)7/h2-6,9-10H,7-8,11H2,1H3;(H,6,7). The summed E-state index contributed by atoms with van der Waals surface area (Å²) in [5, 5.41) is 7.12. The van der Waals surface area contributed by atoms with Crippen molar-refractivity contribution in [2.75, 3.05) is 4.90 Å². The molecule has 2 heterocycles. The normalized spacial score (nSPS) is 16.8. The molecule has 3 amide bonds. The number of pyridine rings is 1. The van der Waals surface area contributed by atoms with E-state index < -0.39 is 35.8 Å². The van der Waals surface area contributed by atoms with Crippen molar-refractivity contribution >= 4 is 23.6 Å². The summed E-state index contributed by atoms with van der Waals surface area (Å²) in [6.07, 6.45) is -5.45. The average Bonchev–Trinajstić information content (AvgIpc) is 3.51. The van der Waals surface area contributed by atoms with E-state index in [1.165, 1.54) is 17.0 Å². The minimum absolute atomic E-state index is 0.213. The minimum Gasteiger partial charge on any atom is -0.475 e. The maximum atomic E-state index is 13.0. The molecule has 1 aromatic carbocycles. The van der Waals surface area contributed by atoms with Gasteiger partial charge in [-0.15, -0.1) is 13.2 Å². The highest BCUT2D eigenvalue weighted by molar-refractivity contribution is 6.24. The number of carboxylic acids is 1. The van der Waals surface area contributed by atoms with Crippen molar-refractivity contribution in [2.45, 2.75) is 44.4 Å². The van der Waals surface area contributed by atoms with E-state index >= 15 is 0 Å². The highest BCUT2D eigenvalue weighted by atomic mass is 19.4. The lowest BCUT2D eigenvalue weighted by Crippen LogP contribution is -2.36. The number of hydrogen-bond donors (Lipinski definition) is 1. The Morgan fingerprint density at radius 2 is 1.66 bits per heavy atom. The van der Waals surface area contributed by atoms with E-state index in [0.717, 1.165) is 28.2 Å². The predicted octanol–water partition coefficient (Wildman–Crippen LogP) is 4.42. The molecule has 0 atom stereocenters. The molecule has 188 valence electrons. The number of hydrogen-bond acceptors (Lipinski definition) is 5. The van der Waals surface area contributed by atoms with Crippen LogP contribution in [-0.4, -0.2) is 51.0 Å². The smallest absolute Gasteiger partial charge is 0.475 e. The van der Waals surface area contributed by atoms with Crippen LogP contribution in [0.1, 0.15) is 24.0 Å². The molecule has 4 rings (SSSR count). The first kappa shape index (κ1) is 25.8. The Bertz CT molecular complexity index is 1130. The van der Waals surface area contributed by atoms with Crippen molar-refractivity contribution < 1.29 is 50.6 Å². The van der Waals surface area contributed by atoms with Gasteiger partial charge in [-0.1, -0.05) is 0 Å². The fourth-order valence-electron chi connectivity index (χ4n) is 3.41. The number of carbonyl (C=O) groups is 3. The number of alkyl halides is 6. The van der Waals surface area contributed by atoms with E-state index in [9.17, 15) is 35.9 Å². The van der Waals surface area contributed by atoms with Crippen LogP contribution in [0.15, 0.2) is 42.7 Å². The van der Waals surface area contributed by atoms with Gasteiger partial charge >= 0.3 is 24.5 Å². The Morgan fingerprint density at radius 3 is 2.11 bits per heavy atom. The number of halogens is 6. The number of aromatic nitrogens is 1. The average molecular weight is 505 g/mol. The summed E-state index contributed by atoms with van der Waals surface area (Å²) in [4.78, 5) is 41.4. The quantitative estimate of drug-likeness (QED) is 0.488. The molecule has 2 aromatic rings. The second kappa shape index (κ2) is 9.07. The van der Waals surface area contributed by atoms with Crippen molar-refractivity contribution in [3.63, 3.8) is 0 Å². The summed E-state index contributed by atoms with van der Waals surface area (Å²) in [6.45, 7) is 2.14. The van der Waals surface area contributed by atoms with Gasteiger partial charge in [0.25, 0.3) is 5.91 Å². The largest absolute Gasteiger partial charge is 0.573 e. The lowest BCUT2D eigenvalue weighted by atomic mass is 10.1. The molecule has 8 nitrogen and oxygen atoms in total. The monoisotopic (exact) mass is 505 g/mol. The SMILES string of the molecule is Cc1cnccc1CN1C(=O)N(c2ccc(OC(F)(F)F)cc2)C(=O)C12CC2.O=C(O)C(F)(F)F.